The Morgan fingerprint density at radius 1 is 1.40 bits per heavy atom. The lowest BCUT2D eigenvalue weighted by Crippen LogP contribution is -2.27. The SMILES string of the molecule is CNCc1ccc(F)c(S(=O)(=O)NCC2CC2(C)C)c1. The molecule has 20 heavy (non-hydrogen) atoms. The van der Waals surface area contributed by atoms with Crippen LogP contribution < -0.4 is 10.0 Å². The smallest absolute Gasteiger partial charge is 0.243 e. The maximum Gasteiger partial charge on any atom is 0.243 e. The first-order valence-corrected chi connectivity index (χ1v) is 8.17. The molecule has 1 aliphatic carbocycles. The van der Waals surface area contributed by atoms with Crippen LogP contribution in [-0.4, -0.2) is 22.0 Å². The molecule has 1 unspecified atom stereocenters. The Bertz CT molecular complexity index is 599. The molecule has 1 aromatic rings. The standard InChI is InChI=1S/C14H21FN2O2S/c1-14(2)7-11(14)9-17-20(18,19)13-6-10(8-16-3)4-5-12(13)15/h4-6,11,16-17H,7-9H2,1-3H3. The van der Waals surface area contributed by atoms with E-state index in [4.69, 9.17) is 0 Å². The number of nitrogens with one attached hydrogen (secondary N) is 2. The maximum absolute atomic E-state index is 13.8. The quantitative estimate of drug-likeness (QED) is 0.843. The van der Waals surface area contributed by atoms with Crippen molar-refractivity contribution in [2.75, 3.05) is 13.6 Å². The molecule has 6 heteroatoms. The average molecular weight is 300 g/mol. The lowest BCUT2D eigenvalue weighted by atomic mass is 10.1. The molecule has 0 radical (unpaired) electrons. The number of hydrogen-bond acceptors (Lipinski definition) is 3. The van der Waals surface area contributed by atoms with Crippen LogP contribution in [0.1, 0.15) is 25.8 Å². The second kappa shape index (κ2) is 5.42. The van der Waals surface area contributed by atoms with Crippen molar-refractivity contribution in [3.8, 4) is 0 Å². The molecule has 0 amide bonds. The van der Waals surface area contributed by atoms with Gasteiger partial charge in [-0.25, -0.2) is 17.5 Å². The second-order valence-corrected chi connectivity index (χ2v) is 7.77. The molecule has 1 aliphatic rings. The average Bonchev–Trinajstić information content (AvgIpc) is 2.97. The predicted octanol–water partition coefficient (Wildman–Crippen LogP) is 1.87. The second-order valence-electron chi connectivity index (χ2n) is 6.04. The highest BCUT2D eigenvalue weighted by Gasteiger charge is 2.45. The largest absolute Gasteiger partial charge is 0.316 e. The van der Waals surface area contributed by atoms with Crippen molar-refractivity contribution < 1.29 is 12.8 Å². The molecule has 1 saturated carbocycles. The highest BCUT2D eigenvalue weighted by Crippen LogP contribution is 2.51. The van der Waals surface area contributed by atoms with Crippen LogP contribution in [0.3, 0.4) is 0 Å². The predicted molar refractivity (Wildman–Crippen MR) is 76.2 cm³/mol. The maximum atomic E-state index is 13.8. The van der Waals surface area contributed by atoms with Crippen molar-refractivity contribution in [2.45, 2.75) is 31.7 Å². The molecule has 0 heterocycles. The molecule has 112 valence electrons. The zero-order chi connectivity index (χ0) is 15.0. The van der Waals surface area contributed by atoms with Crippen molar-refractivity contribution in [1.82, 2.24) is 10.0 Å². The number of sulfonamides is 1. The van der Waals surface area contributed by atoms with Crippen molar-refractivity contribution in [1.29, 1.82) is 0 Å². The Balaban J connectivity index is 2.14. The monoisotopic (exact) mass is 300 g/mol. The van der Waals surface area contributed by atoms with E-state index in [1.807, 2.05) is 0 Å². The summed E-state index contributed by atoms with van der Waals surface area (Å²) in [7, 11) is -2.03. The number of rotatable bonds is 6. The van der Waals surface area contributed by atoms with Crippen molar-refractivity contribution in [3.63, 3.8) is 0 Å². The fourth-order valence-corrected chi connectivity index (χ4v) is 3.49. The molecule has 0 spiro atoms. The summed E-state index contributed by atoms with van der Waals surface area (Å²) < 4.78 is 40.6. The molecule has 2 rings (SSSR count). The molecule has 1 aromatic carbocycles. The van der Waals surface area contributed by atoms with Gasteiger partial charge in [-0.1, -0.05) is 19.9 Å². The summed E-state index contributed by atoms with van der Waals surface area (Å²) in [6.07, 6.45) is 0.998. The minimum atomic E-state index is -3.79. The summed E-state index contributed by atoms with van der Waals surface area (Å²) in [4.78, 5) is -0.274. The molecule has 0 aromatic heterocycles. The Morgan fingerprint density at radius 2 is 2.05 bits per heavy atom. The molecule has 2 N–H and O–H groups in total. The van der Waals surface area contributed by atoms with Crippen LogP contribution in [0.15, 0.2) is 23.1 Å². The molecule has 1 atom stereocenters. The molecule has 0 saturated heterocycles. The number of benzene rings is 1. The summed E-state index contributed by atoms with van der Waals surface area (Å²) in [5.41, 5.74) is 0.927. The highest BCUT2D eigenvalue weighted by molar-refractivity contribution is 7.89. The molecule has 0 aliphatic heterocycles. The minimum Gasteiger partial charge on any atom is -0.316 e. The van der Waals surface area contributed by atoms with Crippen molar-refractivity contribution in [3.05, 3.63) is 29.6 Å². The lowest BCUT2D eigenvalue weighted by molar-refractivity contribution is 0.530. The van der Waals surface area contributed by atoms with Crippen molar-refractivity contribution in [2.24, 2.45) is 11.3 Å². The van der Waals surface area contributed by atoms with Gasteiger partial charge in [0.15, 0.2) is 0 Å². The number of hydrogen-bond donors (Lipinski definition) is 2. The first-order valence-electron chi connectivity index (χ1n) is 6.69. The van der Waals surface area contributed by atoms with E-state index in [0.717, 1.165) is 12.0 Å². The van der Waals surface area contributed by atoms with Gasteiger partial charge in [0.25, 0.3) is 0 Å². The van der Waals surface area contributed by atoms with E-state index in [9.17, 15) is 12.8 Å². The van der Waals surface area contributed by atoms with Crippen LogP contribution in [0.4, 0.5) is 4.39 Å². The Hall–Kier alpha value is -0.980. The third kappa shape index (κ3) is 3.37. The molecular weight excluding hydrogens is 279 g/mol. The van der Waals surface area contributed by atoms with E-state index in [-0.39, 0.29) is 10.3 Å². The van der Waals surface area contributed by atoms with Crippen LogP contribution in [-0.2, 0) is 16.6 Å². The zero-order valence-electron chi connectivity index (χ0n) is 12.0. The van der Waals surface area contributed by atoms with Gasteiger partial charge in [0.1, 0.15) is 10.7 Å². The van der Waals surface area contributed by atoms with E-state index in [1.165, 1.54) is 12.1 Å². The zero-order valence-corrected chi connectivity index (χ0v) is 12.8. The van der Waals surface area contributed by atoms with Crippen LogP contribution in [0.2, 0.25) is 0 Å². The molecule has 4 nitrogen and oxygen atoms in total. The number of halogens is 1. The van der Waals surface area contributed by atoms with Crippen LogP contribution in [0.25, 0.3) is 0 Å². The third-order valence-corrected chi connectivity index (χ3v) is 5.34. The van der Waals surface area contributed by atoms with E-state index < -0.39 is 15.8 Å². The summed E-state index contributed by atoms with van der Waals surface area (Å²) >= 11 is 0. The van der Waals surface area contributed by atoms with E-state index in [2.05, 4.69) is 23.9 Å². The fraction of sp³-hybridized carbons (Fsp3) is 0.571. The summed E-state index contributed by atoms with van der Waals surface area (Å²) in [6.45, 7) is 5.06. The Labute approximate surface area is 119 Å². The van der Waals surface area contributed by atoms with E-state index >= 15 is 0 Å². The fourth-order valence-electron chi connectivity index (χ4n) is 2.28. The molecule has 1 fully saturated rings. The van der Waals surface area contributed by atoms with Crippen molar-refractivity contribution >= 4 is 10.0 Å². The van der Waals surface area contributed by atoms with Gasteiger partial charge >= 0.3 is 0 Å². The van der Waals surface area contributed by atoms with Gasteiger partial charge in [-0.3, -0.25) is 0 Å². The first kappa shape index (κ1) is 15.4. The minimum absolute atomic E-state index is 0.190. The van der Waals surface area contributed by atoms with Gasteiger partial charge in [0, 0.05) is 13.1 Å². The van der Waals surface area contributed by atoms with Gasteiger partial charge in [0.2, 0.25) is 10.0 Å². The highest BCUT2D eigenvalue weighted by atomic mass is 32.2. The van der Waals surface area contributed by atoms with Gasteiger partial charge in [-0.15, -0.1) is 0 Å². The van der Waals surface area contributed by atoms with Gasteiger partial charge in [-0.05, 0) is 42.5 Å². The summed E-state index contributed by atoms with van der Waals surface area (Å²) in [6, 6.07) is 4.16. The topological polar surface area (TPSA) is 58.2 Å². The normalized spacial score (nSPS) is 20.9. The Kier molecular flexibility index (Phi) is 4.18. The van der Waals surface area contributed by atoms with E-state index in [0.29, 0.717) is 19.0 Å². The van der Waals surface area contributed by atoms with Crippen LogP contribution in [0, 0.1) is 17.2 Å². The van der Waals surface area contributed by atoms with Crippen LogP contribution >= 0.6 is 0 Å². The molecule has 0 bridgehead atoms. The van der Waals surface area contributed by atoms with Gasteiger partial charge in [0.05, 0.1) is 0 Å². The third-order valence-electron chi connectivity index (χ3n) is 3.90. The summed E-state index contributed by atoms with van der Waals surface area (Å²) in [5, 5.41) is 2.92. The van der Waals surface area contributed by atoms with Crippen LogP contribution in [0.5, 0.6) is 0 Å². The molecular formula is C14H21FN2O2S. The lowest BCUT2D eigenvalue weighted by Gasteiger charge is -2.10. The summed E-state index contributed by atoms with van der Waals surface area (Å²) in [5.74, 6) is -0.381. The van der Waals surface area contributed by atoms with Gasteiger partial charge in [-0.2, -0.15) is 0 Å². The van der Waals surface area contributed by atoms with E-state index in [1.54, 1.807) is 13.1 Å². The Morgan fingerprint density at radius 3 is 2.60 bits per heavy atom. The first-order chi connectivity index (χ1) is 9.26. The van der Waals surface area contributed by atoms with Gasteiger partial charge < -0.3 is 5.32 Å².